The number of hydrogen-bond donors (Lipinski definition) is 0. The van der Waals surface area contributed by atoms with Crippen LogP contribution in [0.1, 0.15) is 59.3 Å². The fourth-order valence-electron chi connectivity index (χ4n) is 0.681. The molecule has 0 heterocycles. The molecule has 0 aliphatic rings. The first-order valence-corrected chi connectivity index (χ1v) is 6.35. The van der Waals surface area contributed by atoms with Crippen molar-refractivity contribution in [2.75, 3.05) is 0 Å². The monoisotopic (exact) mass is 349 g/mol. The zero-order valence-corrected chi connectivity index (χ0v) is 14.4. The molecule has 0 amide bonds. The van der Waals surface area contributed by atoms with Crippen LogP contribution in [0.3, 0.4) is 0 Å². The van der Waals surface area contributed by atoms with Crippen molar-refractivity contribution in [3.63, 3.8) is 0 Å². The number of carbonyl (C=O) groups excluding carboxylic acids is 6. The van der Waals surface area contributed by atoms with Gasteiger partial charge in [-0.2, -0.15) is 0 Å². The van der Waals surface area contributed by atoms with E-state index in [0.717, 1.165) is 0 Å². The van der Waals surface area contributed by atoms with Crippen LogP contribution in [0.25, 0.3) is 0 Å². The summed E-state index contributed by atoms with van der Waals surface area (Å²) < 4.78 is 0. The minimum Gasteiger partial charge on any atom is -0.542 e. The maximum atomic E-state index is 10.0. The molecule has 0 unspecified atom stereocenters. The maximum absolute atomic E-state index is 10.0. The van der Waals surface area contributed by atoms with Crippen molar-refractivity contribution in [2.45, 2.75) is 59.3 Å². The SMILES string of the molecule is CC(=O)CC[C-]=O.CC(=O)CC[C-]=O.CC(=O)CC[C-]=O.[Cr+3]. The Balaban J connectivity index is -0.000000108. The third-order valence-electron chi connectivity index (χ3n) is 1.74. The summed E-state index contributed by atoms with van der Waals surface area (Å²) in [5.74, 6) is 0.134. The van der Waals surface area contributed by atoms with E-state index >= 15 is 0 Å². The van der Waals surface area contributed by atoms with Gasteiger partial charge < -0.3 is 28.8 Å². The molecule has 0 atom stereocenters. The van der Waals surface area contributed by atoms with Crippen LogP contribution in [0.5, 0.6) is 0 Å². The average molecular weight is 349 g/mol. The van der Waals surface area contributed by atoms with Crippen molar-refractivity contribution in [1.82, 2.24) is 0 Å². The van der Waals surface area contributed by atoms with Crippen LogP contribution >= 0.6 is 0 Å². The largest absolute Gasteiger partial charge is 3.00 e. The zero-order valence-electron chi connectivity index (χ0n) is 13.1. The molecular formula is C15H21CrO6. The second kappa shape index (κ2) is 24.6. The quantitative estimate of drug-likeness (QED) is 0.583. The number of hydrogen-bond acceptors (Lipinski definition) is 6. The van der Waals surface area contributed by atoms with E-state index in [1.165, 1.54) is 20.8 Å². The minimum absolute atomic E-state index is 0. The number of Topliss-reactive ketones (excluding diaryl/α,β-unsaturated/α-hetero) is 3. The molecule has 0 fully saturated rings. The molecule has 123 valence electrons. The molecule has 0 spiro atoms. The van der Waals surface area contributed by atoms with Gasteiger partial charge in [-0.1, -0.05) is 0 Å². The van der Waals surface area contributed by atoms with Gasteiger partial charge in [0.2, 0.25) is 0 Å². The van der Waals surface area contributed by atoms with Gasteiger partial charge in [0.25, 0.3) is 0 Å². The van der Waals surface area contributed by atoms with Crippen molar-refractivity contribution in [3.8, 4) is 0 Å². The van der Waals surface area contributed by atoms with Gasteiger partial charge in [0.15, 0.2) is 0 Å². The molecule has 1 radical (unpaired) electrons. The molecule has 0 N–H and O–H groups in total. The summed E-state index contributed by atoms with van der Waals surface area (Å²) in [6, 6.07) is 0. The Morgan fingerprint density at radius 1 is 0.591 bits per heavy atom. The molecule has 0 aromatic carbocycles. The van der Waals surface area contributed by atoms with Crippen LogP contribution in [0.15, 0.2) is 0 Å². The van der Waals surface area contributed by atoms with Crippen molar-refractivity contribution in [2.24, 2.45) is 0 Å². The normalized spacial score (nSPS) is 7.77. The van der Waals surface area contributed by atoms with E-state index in [1.807, 2.05) is 0 Å². The van der Waals surface area contributed by atoms with E-state index in [2.05, 4.69) is 0 Å². The molecular weight excluding hydrogens is 328 g/mol. The van der Waals surface area contributed by atoms with Gasteiger partial charge in [-0.05, 0) is 40.0 Å². The van der Waals surface area contributed by atoms with E-state index in [4.69, 9.17) is 0 Å². The Hall–Kier alpha value is -1.45. The third-order valence-corrected chi connectivity index (χ3v) is 1.74. The van der Waals surface area contributed by atoms with Crippen molar-refractivity contribution in [1.29, 1.82) is 0 Å². The predicted octanol–water partition coefficient (Wildman–Crippen LogP) is 1.39. The smallest absolute Gasteiger partial charge is 0.542 e. The molecule has 0 saturated carbocycles. The molecule has 7 heteroatoms. The molecule has 0 rings (SSSR count). The Kier molecular flexibility index (Phi) is 32.0. The Labute approximate surface area is 142 Å². The van der Waals surface area contributed by atoms with E-state index in [1.54, 1.807) is 18.9 Å². The Morgan fingerprint density at radius 2 is 0.773 bits per heavy atom. The van der Waals surface area contributed by atoms with Gasteiger partial charge in [0.05, 0.1) is 0 Å². The number of carbonyl (C=O) groups is 3. The summed E-state index contributed by atoms with van der Waals surface area (Å²) in [5, 5.41) is 0. The number of ketones is 3. The van der Waals surface area contributed by atoms with Crippen LogP contribution in [-0.2, 0) is 46.1 Å². The van der Waals surface area contributed by atoms with Gasteiger partial charge in [-0.25, -0.2) is 0 Å². The van der Waals surface area contributed by atoms with Crippen molar-refractivity contribution < 1.29 is 46.1 Å². The molecule has 22 heavy (non-hydrogen) atoms. The van der Waals surface area contributed by atoms with Gasteiger partial charge in [-0.3, -0.25) is 18.9 Å². The van der Waals surface area contributed by atoms with Crippen LogP contribution < -0.4 is 0 Å². The van der Waals surface area contributed by atoms with Gasteiger partial charge in [0, 0.05) is 0 Å². The fourth-order valence-corrected chi connectivity index (χ4v) is 0.681. The van der Waals surface area contributed by atoms with E-state index in [9.17, 15) is 28.8 Å². The first-order valence-electron chi connectivity index (χ1n) is 6.35. The summed E-state index contributed by atoms with van der Waals surface area (Å²) >= 11 is 0. The van der Waals surface area contributed by atoms with Crippen LogP contribution in [0, 0.1) is 0 Å². The first kappa shape index (κ1) is 28.7. The second-order valence-corrected chi connectivity index (χ2v) is 4.04. The Morgan fingerprint density at radius 3 is 0.818 bits per heavy atom. The van der Waals surface area contributed by atoms with Crippen LogP contribution in [-0.4, -0.2) is 36.2 Å². The van der Waals surface area contributed by atoms with Gasteiger partial charge in [-0.15, -0.1) is 19.3 Å². The number of rotatable bonds is 9. The summed E-state index contributed by atoms with van der Waals surface area (Å²) in [6.45, 7) is 4.37. The standard InChI is InChI=1S/3C5H7O2.Cr/c3*1-5(7)3-2-4-6;/h3*2-3H2,1H3;/q3*-1;+3. The van der Waals surface area contributed by atoms with E-state index in [0.29, 0.717) is 19.3 Å². The van der Waals surface area contributed by atoms with Crippen LogP contribution in [0.2, 0.25) is 0 Å². The molecule has 0 bridgehead atoms. The molecule has 0 saturated heterocycles. The molecule has 0 aliphatic carbocycles. The minimum atomic E-state index is 0. The molecule has 0 aromatic rings. The van der Waals surface area contributed by atoms with E-state index in [-0.39, 0.29) is 54.0 Å². The second-order valence-electron chi connectivity index (χ2n) is 4.04. The van der Waals surface area contributed by atoms with Gasteiger partial charge >= 0.3 is 17.4 Å². The first-order chi connectivity index (χ1) is 9.81. The Bertz CT molecular complexity index is 287. The predicted molar refractivity (Wildman–Crippen MR) is 76.8 cm³/mol. The average Bonchev–Trinajstić information content (AvgIpc) is 2.41. The maximum Gasteiger partial charge on any atom is 3.00 e. The summed E-state index contributed by atoms with van der Waals surface area (Å²) in [5.41, 5.74) is 0. The topological polar surface area (TPSA) is 102 Å². The zero-order chi connectivity index (χ0) is 17.1. The summed E-state index contributed by atoms with van der Waals surface area (Å²) in [7, 11) is 0. The molecule has 0 aromatic heterocycles. The fraction of sp³-hybridized carbons (Fsp3) is 0.600. The third kappa shape index (κ3) is 51.3. The summed E-state index contributed by atoms with van der Waals surface area (Å²) in [6.07, 6.45) is 6.63. The molecule has 6 nitrogen and oxygen atoms in total. The van der Waals surface area contributed by atoms with E-state index < -0.39 is 0 Å². The van der Waals surface area contributed by atoms with Crippen molar-refractivity contribution >= 4 is 36.2 Å². The van der Waals surface area contributed by atoms with Crippen molar-refractivity contribution in [3.05, 3.63) is 0 Å². The summed E-state index contributed by atoms with van der Waals surface area (Å²) in [4.78, 5) is 58.4. The van der Waals surface area contributed by atoms with Gasteiger partial charge in [0.1, 0.15) is 17.3 Å². The van der Waals surface area contributed by atoms with Crippen LogP contribution in [0.4, 0.5) is 0 Å². The molecule has 0 aliphatic heterocycles.